The molecule has 0 aliphatic rings. The van der Waals surface area contributed by atoms with Gasteiger partial charge in [0, 0.05) is 0 Å². The summed E-state index contributed by atoms with van der Waals surface area (Å²) in [7, 11) is 0. The van der Waals surface area contributed by atoms with E-state index in [1.165, 1.54) is 0 Å². The minimum absolute atomic E-state index is 0.419. The molecular formula is C11H13N3O2. The van der Waals surface area contributed by atoms with Crippen molar-refractivity contribution in [3.8, 4) is 0 Å². The number of carboxylic acids is 1. The van der Waals surface area contributed by atoms with E-state index in [1.54, 1.807) is 6.92 Å². The van der Waals surface area contributed by atoms with Crippen LogP contribution in [0.5, 0.6) is 0 Å². The van der Waals surface area contributed by atoms with Crippen LogP contribution in [0.15, 0.2) is 24.3 Å². The van der Waals surface area contributed by atoms with Crippen LogP contribution < -0.4 is 5.32 Å². The Morgan fingerprint density at radius 3 is 3.00 bits per heavy atom. The van der Waals surface area contributed by atoms with Crippen molar-refractivity contribution in [1.82, 2.24) is 15.3 Å². The van der Waals surface area contributed by atoms with Gasteiger partial charge in [-0.1, -0.05) is 12.1 Å². The topological polar surface area (TPSA) is 78.0 Å². The summed E-state index contributed by atoms with van der Waals surface area (Å²) < 4.78 is 0. The van der Waals surface area contributed by atoms with Gasteiger partial charge in [-0.05, 0) is 19.1 Å². The summed E-state index contributed by atoms with van der Waals surface area (Å²) in [5, 5.41) is 11.6. The van der Waals surface area contributed by atoms with E-state index in [9.17, 15) is 4.79 Å². The number of nitrogens with zero attached hydrogens (tertiary/aromatic N) is 1. The molecule has 0 amide bonds. The number of benzene rings is 1. The smallest absolute Gasteiger partial charge is 0.320 e. The first kappa shape index (κ1) is 10.6. The summed E-state index contributed by atoms with van der Waals surface area (Å²) in [5.41, 5.74) is 1.85. The fraction of sp³-hybridized carbons (Fsp3) is 0.273. The van der Waals surface area contributed by atoms with Crippen LogP contribution in [0.1, 0.15) is 12.7 Å². The molecule has 5 heteroatoms. The molecule has 2 aromatic rings. The fourth-order valence-corrected chi connectivity index (χ4v) is 1.43. The van der Waals surface area contributed by atoms with Crippen molar-refractivity contribution in [2.75, 3.05) is 0 Å². The van der Waals surface area contributed by atoms with Crippen molar-refractivity contribution in [1.29, 1.82) is 0 Å². The number of carbonyl (C=O) groups is 1. The summed E-state index contributed by atoms with van der Waals surface area (Å²) in [4.78, 5) is 18.1. The molecule has 16 heavy (non-hydrogen) atoms. The molecule has 1 heterocycles. The molecule has 2 rings (SSSR count). The fourth-order valence-electron chi connectivity index (χ4n) is 1.43. The molecule has 0 aliphatic heterocycles. The van der Waals surface area contributed by atoms with E-state index in [2.05, 4.69) is 15.3 Å². The first-order valence-electron chi connectivity index (χ1n) is 5.06. The van der Waals surface area contributed by atoms with Crippen LogP contribution in [0.4, 0.5) is 0 Å². The second-order valence-electron chi connectivity index (χ2n) is 3.64. The van der Waals surface area contributed by atoms with Gasteiger partial charge in [0.25, 0.3) is 0 Å². The van der Waals surface area contributed by atoms with Crippen LogP contribution in [0.2, 0.25) is 0 Å². The molecule has 3 N–H and O–H groups in total. The normalized spacial score (nSPS) is 12.8. The maximum Gasteiger partial charge on any atom is 0.320 e. The predicted molar refractivity (Wildman–Crippen MR) is 60.0 cm³/mol. The summed E-state index contributed by atoms with van der Waals surface area (Å²) >= 11 is 0. The van der Waals surface area contributed by atoms with Crippen molar-refractivity contribution in [3.63, 3.8) is 0 Å². The molecule has 0 saturated carbocycles. The second kappa shape index (κ2) is 4.32. The SMILES string of the molecule is CC(NCc1nc2ccccc2[nH]1)C(=O)O. The third-order valence-electron chi connectivity index (χ3n) is 2.38. The Hall–Kier alpha value is -1.88. The summed E-state index contributed by atoms with van der Waals surface area (Å²) in [6.45, 7) is 2.02. The van der Waals surface area contributed by atoms with Gasteiger partial charge < -0.3 is 10.1 Å². The van der Waals surface area contributed by atoms with Crippen LogP contribution in [0.3, 0.4) is 0 Å². The minimum atomic E-state index is -0.865. The molecule has 1 aromatic heterocycles. The quantitative estimate of drug-likeness (QED) is 0.720. The van der Waals surface area contributed by atoms with Gasteiger partial charge in [0.15, 0.2) is 0 Å². The highest BCUT2D eigenvalue weighted by Gasteiger charge is 2.10. The van der Waals surface area contributed by atoms with Crippen molar-refractivity contribution in [3.05, 3.63) is 30.1 Å². The molecule has 0 bridgehead atoms. The van der Waals surface area contributed by atoms with Gasteiger partial charge in [-0.3, -0.25) is 10.1 Å². The lowest BCUT2D eigenvalue weighted by molar-refractivity contribution is -0.139. The van der Waals surface area contributed by atoms with Crippen LogP contribution >= 0.6 is 0 Å². The highest BCUT2D eigenvalue weighted by atomic mass is 16.4. The van der Waals surface area contributed by atoms with Crippen LogP contribution in [-0.2, 0) is 11.3 Å². The zero-order valence-corrected chi connectivity index (χ0v) is 8.90. The molecule has 1 aromatic carbocycles. The number of rotatable bonds is 4. The van der Waals surface area contributed by atoms with Gasteiger partial charge in [-0.15, -0.1) is 0 Å². The van der Waals surface area contributed by atoms with Gasteiger partial charge >= 0.3 is 5.97 Å². The van der Waals surface area contributed by atoms with Crippen molar-refractivity contribution >= 4 is 17.0 Å². The lowest BCUT2D eigenvalue weighted by Crippen LogP contribution is -2.33. The first-order chi connectivity index (χ1) is 7.66. The van der Waals surface area contributed by atoms with Gasteiger partial charge in [-0.25, -0.2) is 4.98 Å². The number of aromatic amines is 1. The summed E-state index contributed by atoms with van der Waals surface area (Å²) in [6.07, 6.45) is 0. The van der Waals surface area contributed by atoms with Crippen molar-refractivity contribution in [2.24, 2.45) is 0 Å². The standard InChI is InChI=1S/C11H13N3O2/c1-7(11(15)16)12-6-10-13-8-4-2-3-5-9(8)14-10/h2-5,7,12H,6H2,1H3,(H,13,14)(H,15,16). The molecule has 1 atom stereocenters. The number of aliphatic carboxylic acids is 1. The molecule has 0 aliphatic carbocycles. The van der Waals surface area contributed by atoms with Gasteiger partial charge in [-0.2, -0.15) is 0 Å². The van der Waals surface area contributed by atoms with Gasteiger partial charge in [0.1, 0.15) is 11.9 Å². The van der Waals surface area contributed by atoms with Crippen molar-refractivity contribution < 1.29 is 9.90 Å². The highest BCUT2D eigenvalue weighted by molar-refractivity contribution is 5.75. The van der Waals surface area contributed by atoms with Crippen LogP contribution in [0, 0.1) is 0 Å². The number of H-pyrrole nitrogens is 1. The van der Waals surface area contributed by atoms with Gasteiger partial charge in [0.2, 0.25) is 0 Å². The number of imidazole rings is 1. The van der Waals surface area contributed by atoms with Gasteiger partial charge in [0.05, 0.1) is 17.6 Å². The van der Waals surface area contributed by atoms with E-state index in [4.69, 9.17) is 5.11 Å². The summed E-state index contributed by atoms with van der Waals surface area (Å²) in [6, 6.07) is 7.12. The maximum atomic E-state index is 10.6. The third kappa shape index (κ3) is 2.20. The molecule has 5 nitrogen and oxygen atoms in total. The number of carboxylic acid groups (broad SMARTS) is 1. The Labute approximate surface area is 92.5 Å². The van der Waals surface area contributed by atoms with Crippen LogP contribution in [-0.4, -0.2) is 27.1 Å². The van der Waals surface area contributed by atoms with E-state index in [1.807, 2.05) is 24.3 Å². The highest BCUT2D eigenvalue weighted by Crippen LogP contribution is 2.09. The molecule has 84 valence electrons. The zero-order chi connectivity index (χ0) is 11.5. The zero-order valence-electron chi connectivity index (χ0n) is 8.90. The molecule has 1 unspecified atom stereocenters. The molecule has 0 fully saturated rings. The average molecular weight is 219 g/mol. The molecule has 0 spiro atoms. The Kier molecular flexibility index (Phi) is 2.87. The monoisotopic (exact) mass is 219 g/mol. The molecular weight excluding hydrogens is 206 g/mol. The van der Waals surface area contributed by atoms with E-state index in [-0.39, 0.29) is 0 Å². The third-order valence-corrected chi connectivity index (χ3v) is 2.38. The second-order valence-corrected chi connectivity index (χ2v) is 3.64. The van der Waals surface area contributed by atoms with Crippen molar-refractivity contribution in [2.45, 2.75) is 19.5 Å². The number of para-hydroxylation sites is 2. The number of fused-ring (bicyclic) bond motifs is 1. The lowest BCUT2D eigenvalue weighted by atomic mass is 10.3. The first-order valence-corrected chi connectivity index (χ1v) is 5.06. The van der Waals surface area contributed by atoms with E-state index < -0.39 is 12.0 Å². The Morgan fingerprint density at radius 2 is 2.31 bits per heavy atom. The Balaban J connectivity index is 2.07. The maximum absolute atomic E-state index is 10.6. The van der Waals surface area contributed by atoms with Crippen LogP contribution in [0.25, 0.3) is 11.0 Å². The summed E-state index contributed by atoms with van der Waals surface area (Å²) in [5.74, 6) is -0.120. The van der Waals surface area contributed by atoms with E-state index in [0.717, 1.165) is 16.9 Å². The Bertz CT molecular complexity index is 474. The minimum Gasteiger partial charge on any atom is -0.480 e. The molecule has 0 saturated heterocycles. The number of hydrogen-bond donors (Lipinski definition) is 3. The van der Waals surface area contributed by atoms with E-state index >= 15 is 0 Å². The lowest BCUT2D eigenvalue weighted by Gasteiger charge is -2.06. The van der Waals surface area contributed by atoms with E-state index in [0.29, 0.717) is 6.54 Å². The largest absolute Gasteiger partial charge is 0.480 e. The Morgan fingerprint density at radius 1 is 1.56 bits per heavy atom. The molecule has 0 radical (unpaired) electrons. The predicted octanol–water partition coefficient (Wildman–Crippen LogP) is 1.13. The average Bonchev–Trinajstić information content (AvgIpc) is 2.68. The number of hydrogen-bond acceptors (Lipinski definition) is 3. The number of nitrogens with one attached hydrogen (secondary N) is 2. The number of aromatic nitrogens is 2.